The molecule has 26 heavy (non-hydrogen) atoms. The van der Waals surface area contributed by atoms with Gasteiger partial charge in [0, 0.05) is 25.6 Å². The number of hydrogen-bond donors (Lipinski definition) is 1. The van der Waals surface area contributed by atoms with Crippen LogP contribution in [0.3, 0.4) is 0 Å². The van der Waals surface area contributed by atoms with Crippen LogP contribution in [0.2, 0.25) is 0 Å². The van der Waals surface area contributed by atoms with Crippen LogP contribution >= 0.6 is 11.8 Å². The Morgan fingerprint density at radius 2 is 1.92 bits per heavy atom. The second kappa shape index (κ2) is 9.70. The molecule has 0 aliphatic carbocycles. The number of carbonyl (C=O) groups is 1. The number of nitrogens with zero attached hydrogens (tertiary/aromatic N) is 3. The van der Waals surface area contributed by atoms with Gasteiger partial charge in [0.2, 0.25) is 0 Å². The van der Waals surface area contributed by atoms with Crippen molar-refractivity contribution >= 4 is 17.7 Å². The van der Waals surface area contributed by atoms with E-state index in [1.54, 1.807) is 0 Å². The van der Waals surface area contributed by atoms with Crippen molar-refractivity contribution in [2.45, 2.75) is 58.4 Å². The van der Waals surface area contributed by atoms with E-state index in [-0.39, 0.29) is 11.8 Å². The molecule has 0 spiro atoms. The average molecular weight is 379 g/mol. The number of carbonyl (C=O) groups excluding carboxylic acids is 1. The van der Waals surface area contributed by atoms with E-state index < -0.39 is 0 Å². The second-order valence-electron chi connectivity index (χ2n) is 8.02. The first-order valence-corrected chi connectivity index (χ1v) is 11.0. The number of amides is 1. The maximum Gasteiger partial charge on any atom is 0.255 e. The minimum atomic E-state index is -0.0532. The molecule has 0 bridgehead atoms. The zero-order valence-corrected chi connectivity index (χ0v) is 17.9. The number of hydrogen-bond acceptors (Lipinski definition) is 5. The molecule has 1 aromatic heterocycles. The molecule has 146 valence electrons. The number of rotatable bonds is 7. The number of nitrogens with one attached hydrogen (secondary N) is 1. The third-order valence-electron chi connectivity index (χ3n) is 4.89. The van der Waals surface area contributed by atoms with Crippen molar-refractivity contribution in [3.8, 4) is 0 Å². The zero-order chi connectivity index (χ0) is 19.3. The van der Waals surface area contributed by atoms with Gasteiger partial charge in [0.15, 0.2) is 0 Å². The molecule has 1 saturated heterocycles. The first-order chi connectivity index (χ1) is 12.3. The number of aromatic nitrogens is 2. The Balaban J connectivity index is 1.90. The van der Waals surface area contributed by atoms with Gasteiger partial charge in [-0.2, -0.15) is 0 Å². The van der Waals surface area contributed by atoms with Gasteiger partial charge >= 0.3 is 0 Å². The molecule has 5 nitrogen and oxygen atoms in total. The largest absolute Gasteiger partial charge is 0.352 e. The van der Waals surface area contributed by atoms with Crippen LogP contribution in [0.15, 0.2) is 5.03 Å². The van der Waals surface area contributed by atoms with Crippen LogP contribution in [0.5, 0.6) is 0 Å². The molecule has 0 aromatic carbocycles. The van der Waals surface area contributed by atoms with E-state index in [0.29, 0.717) is 12.1 Å². The Hall–Kier alpha value is -1.14. The van der Waals surface area contributed by atoms with Gasteiger partial charge in [-0.1, -0.05) is 27.7 Å². The fourth-order valence-electron chi connectivity index (χ4n) is 3.80. The second-order valence-corrected chi connectivity index (χ2v) is 8.82. The third kappa shape index (κ3) is 5.68. The van der Waals surface area contributed by atoms with Crippen molar-refractivity contribution in [3.05, 3.63) is 17.1 Å². The Morgan fingerprint density at radius 1 is 1.27 bits per heavy atom. The fourth-order valence-corrected chi connectivity index (χ4v) is 4.43. The molecule has 2 unspecified atom stereocenters. The molecule has 0 saturated carbocycles. The van der Waals surface area contributed by atoms with E-state index >= 15 is 0 Å². The molecule has 2 atom stereocenters. The van der Waals surface area contributed by atoms with Crippen LogP contribution in [-0.2, 0) is 0 Å². The minimum absolute atomic E-state index is 0.0532. The molecule has 2 rings (SSSR count). The molecule has 1 aromatic rings. The van der Waals surface area contributed by atoms with Gasteiger partial charge in [-0.05, 0) is 44.4 Å². The summed E-state index contributed by atoms with van der Waals surface area (Å²) in [6.45, 7) is 14.8. The summed E-state index contributed by atoms with van der Waals surface area (Å²) in [6, 6.07) is 0. The Bertz CT molecular complexity index is 610. The molecular weight excluding hydrogens is 344 g/mol. The molecule has 6 heteroatoms. The van der Waals surface area contributed by atoms with Gasteiger partial charge in [-0.3, -0.25) is 4.79 Å². The minimum Gasteiger partial charge on any atom is -0.352 e. The quantitative estimate of drug-likeness (QED) is 0.445. The Morgan fingerprint density at radius 3 is 2.50 bits per heavy atom. The summed E-state index contributed by atoms with van der Waals surface area (Å²) in [7, 11) is 0. The molecule has 1 fully saturated rings. The lowest BCUT2D eigenvalue weighted by Crippen LogP contribution is -2.40. The fraction of sp³-hybridized carbons (Fsp3) is 0.750. The SMILES string of the molecule is CSc1nc(C(C)C)nc(C)c1C(=O)NCCCN1CC(C)CC(C)C1. The highest BCUT2D eigenvalue weighted by molar-refractivity contribution is 7.98. The van der Waals surface area contributed by atoms with E-state index in [1.807, 2.05) is 13.2 Å². The van der Waals surface area contributed by atoms with Crippen LogP contribution in [0.1, 0.15) is 68.3 Å². The Kier molecular flexibility index (Phi) is 7.89. The van der Waals surface area contributed by atoms with Gasteiger partial charge in [0.25, 0.3) is 5.91 Å². The lowest BCUT2D eigenvalue weighted by molar-refractivity contribution is 0.0942. The van der Waals surface area contributed by atoms with Gasteiger partial charge in [0.1, 0.15) is 10.9 Å². The molecule has 1 aliphatic heterocycles. The third-order valence-corrected chi connectivity index (χ3v) is 5.57. The van der Waals surface area contributed by atoms with Crippen LogP contribution in [0.25, 0.3) is 0 Å². The highest BCUT2D eigenvalue weighted by Crippen LogP contribution is 2.23. The smallest absolute Gasteiger partial charge is 0.255 e. The summed E-state index contributed by atoms with van der Waals surface area (Å²) in [6.07, 6.45) is 4.27. The summed E-state index contributed by atoms with van der Waals surface area (Å²) in [5, 5.41) is 3.84. The highest BCUT2D eigenvalue weighted by atomic mass is 32.2. The summed E-state index contributed by atoms with van der Waals surface area (Å²) in [5.74, 6) is 2.55. The van der Waals surface area contributed by atoms with Crippen molar-refractivity contribution in [1.29, 1.82) is 0 Å². The number of likely N-dealkylation sites (tertiary alicyclic amines) is 1. The van der Waals surface area contributed by atoms with Crippen LogP contribution < -0.4 is 5.32 Å². The van der Waals surface area contributed by atoms with Crippen molar-refractivity contribution in [2.75, 3.05) is 32.4 Å². The summed E-state index contributed by atoms with van der Waals surface area (Å²) in [4.78, 5) is 24.3. The summed E-state index contributed by atoms with van der Waals surface area (Å²) >= 11 is 1.51. The lowest BCUT2D eigenvalue weighted by atomic mass is 9.92. The predicted molar refractivity (Wildman–Crippen MR) is 109 cm³/mol. The number of thioether (sulfide) groups is 1. The topological polar surface area (TPSA) is 58.1 Å². The van der Waals surface area contributed by atoms with Crippen molar-refractivity contribution in [3.63, 3.8) is 0 Å². The molecular formula is C20H34N4OS. The first kappa shape index (κ1) is 21.2. The van der Waals surface area contributed by atoms with Gasteiger partial charge in [-0.15, -0.1) is 11.8 Å². The van der Waals surface area contributed by atoms with E-state index in [0.717, 1.165) is 41.3 Å². The molecule has 1 aliphatic rings. The first-order valence-electron chi connectivity index (χ1n) is 9.74. The summed E-state index contributed by atoms with van der Waals surface area (Å²) < 4.78 is 0. The molecule has 2 heterocycles. The van der Waals surface area contributed by atoms with Crippen molar-refractivity contribution < 1.29 is 4.79 Å². The number of piperidine rings is 1. The standard InChI is InChI=1S/C20H34N4OS/c1-13(2)18-22-16(5)17(20(23-18)26-6)19(25)21-8-7-9-24-11-14(3)10-15(4)12-24/h13-15H,7-12H2,1-6H3,(H,21,25). The van der Waals surface area contributed by atoms with E-state index in [4.69, 9.17) is 0 Å². The van der Waals surface area contributed by atoms with E-state index in [1.165, 1.54) is 31.3 Å². The normalized spacial score (nSPS) is 21.2. The maximum atomic E-state index is 12.7. The zero-order valence-electron chi connectivity index (χ0n) is 17.1. The predicted octanol–water partition coefficient (Wildman–Crippen LogP) is 3.73. The van der Waals surface area contributed by atoms with Crippen LogP contribution in [0.4, 0.5) is 0 Å². The summed E-state index contributed by atoms with van der Waals surface area (Å²) in [5.41, 5.74) is 1.39. The van der Waals surface area contributed by atoms with Gasteiger partial charge in [0.05, 0.1) is 11.3 Å². The van der Waals surface area contributed by atoms with E-state index in [9.17, 15) is 4.79 Å². The van der Waals surface area contributed by atoms with Gasteiger partial charge < -0.3 is 10.2 Å². The highest BCUT2D eigenvalue weighted by Gasteiger charge is 2.22. The monoisotopic (exact) mass is 378 g/mol. The maximum absolute atomic E-state index is 12.7. The average Bonchev–Trinajstić information content (AvgIpc) is 2.56. The van der Waals surface area contributed by atoms with Crippen molar-refractivity contribution in [1.82, 2.24) is 20.2 Å². The number of aryl methyl sites for hydroxylation is 1. The molecule has 1 N–H and O–H groups in total. The Labute approximate surface area is 162 Å². The van der Waals surface area contributed by atoms with Crippen molar-refractivity contribution in [2.24, 2.45) is 11.8 Å². The molecule has 0 radical (unpaired) electrons. The van der Waals surface area contributed by atoms with Crippen LogP contribution in [0, 0.1) is 18.8 Å². The molecule has 1 amide bonds. The van der Waals surface area contributed by atoms with Gasteiger partial charge in [-0.25, -0.2) is 9.97 Å². The van der Waals surface area contributed by atoms with Crippen LogP contribution in [-0.4, -0.2) is 53.2 Å². The van der Waals surface area contributed by atoms with E-state index in [2.05, 4.69) is 47.9 Å². The lowest BCUT2D eigenvalue weighted by Gasteiger charge is -2.34.